The second-order valence-corrected chi connectivity index (χ2v) is 6.37. The molecule has 0 bridgehead atoms. The van der Waals surface area contributed by atoms with Crippen molar-refractivity contribution in [3.05, 3.63) is 53.6 Å². The van der Waals surface area contributed by atoms with Crippen LogP contribution in [0.4, 0.5) is 0 Å². The minimum Gasteiger partial charge on any atom is -0.496 e. The Hall–Kier alpha value is -2.69. The molecule has 26 heavy (non-hydrogen) atoms. The van der Waals surface area contributed by atoms with Gasteiger partial charge in [0.05, 0.1) is 27.2 Å². The summed E-state index contributed by atoms with van der Waals surface area (Å²) in [6.45, 7) is 4.48. The van der Waals surface area contributed by atoms with E-state index in [1.807, 2.05) is 56.3 Å². The number of benzene rings is 2. The third kappa shape index (κ3) is 4.48. The van der Waals surface area contributed by atoms with Gasteiger partial charge in [0.15, 0.2) is 11.5 Å². The van der Waals surface area contributed by atoms with E-state index in [2.05, 4.69) is 5.32 Å². The predicted octanol–water partition coefficient (Wildman–Crippen LogP) is 3.77. The summed E-state index contributed by atoms with van der Waals surface area (Å²) < 4.78 is 16.0. The Kier molecular flexibility index (Phi) is 6.89. The molecule has 1 amide bonds. The summed E-state index contributed by atoms with van der Waals surface area (Å²) in [5, 5.41) is 3.03. The minimum atomic E-state index is -0.287. The number of methoxy groups -OCH3 is 3. The molecule has 1 N–H and O–H groups in total. The number of nitrogens with one attached hydrogen (secondary N) is 1. The van der Waals surface area contributed by atoms with E-state index in [1.54, 1.807) is 21.3 Å². The Morgan fingerprint density at radius 3 is 2.19 bits per heavy atom. The minimum absolute atomic E-state index is 0.0295. The Balaban J connectivity index is 2.20. The van der Waals surface area contributed by atoms with Crippen LogP contribution in [0.2, 0.25) is 0 Å². The number of ether oxygens (including phenoxy) is 3. The molecule has 0 aliphatic rings. The van der Waals surface area contributed by atoms with Crippen molar-refractivity contribution in [3.63, 3.8) is 0 Å². The van der Waals surface area contributed by atoms with Gasteiger partial charge in [0, 0.05) is 12.1 Å². The van der Waals surface area contributed by atoms with Gasteiger partial charge in [-0.3, -0.25) is 4.79 Å². The van der Waals surface area contributed by atoms with E-state index in [-0.39, 0.29) is 17.7 Å². The van der Waals surface area contributed by atoms with E-state index >= 15 is 0 Å². The molecule has 0 radical (unpaired) electrons. The largest absolute Gasteiger partial charge is 0.496 e. The van der Waals surface area contributed by atoms with Gasteiger partial charge < -0.3 is 19.5 Å². The molecule has 1 atom stereocenters. The van der Waals surface area contributed by atoms with Gasteiger partial charge in [-0.2, -0.15) is 0 Å². The summed E-state index contributed by atoms with van der Waals surface area (Å²) in [6.07, 6.45) is 0. The zero-order valence-electron chi connectivity index (χ0n) is 16.0. The zero-order valence-corrected chi connectivity index (χ0v) is 16.0. The van der Waals surface area contributed by atoms with E-state index in [1.165, 1.54) is 0 Å². The fraction of sp³-hybridized carbons (Fsp3) is 0.381. The van der Waals surface area contributed by atoms with Crippen molar-refractivity contribution < 1.29 is 19.0 Å². The summed E-state index contributed by atoms with van der Waals surface area (Å²) >= 11 is 0. The second-order valence-electron chi connectivity index (χ2n) is 6.37. The number of carbonyl (C=O) groups excluding carboxylic acids is 1. The molecule has 0 fully saturated rings. The van der Waals surface area contributed by atoms with Gasteiger partial charge in [0.25, 0.3) is 0 Å². The van der Waals surface area contributed by atoms with Gasteiger partial charge >= 0.3 is 0 Å². The van der Waals surface area contributed by atoms with Crippen LogP contribution < -0.4 is 19.5 Å². The normalized spacial score (nSPS) is 11.8. The molecule has 140 valence electrons. The van der Waals surface area contributed by atoms with Crippen molar-refractivity contribution in [2.75, 3.05) is 21.3 Å². The van der Waals surface area contributed by atoms with Gasteiger partial charge in [0.2, 0.25) is 5.91 Å². The summed E-state index contributed by atoms with van der Waals surface area (Å²) in [5.74, 6) is 1.84. The Morgan fingerprint density at radius 1 is 0.923 bits per heavy atom. The molecule has 5 nitrogen and oxygen atoms in total. The van der Waals surface area contributed by atoms with Gasteiger partial charge in [-0.1, -0.05) is 38.1 Å². The zero-order chi connectivity index (χ0) is 19.1. The van der Waals surface area contributed by atoms with Crippen LogP contribution in [0.1, 0.15) is 30.9 Å². The van der Waals surface area contributed by atoms with Crippen LogP contribution in [0.15, 0.2) is 42.5 Å². The average molecular weight is 357 g/mol. The highest BCUT2D eigenvalue weighted by Gasteiger charge is 2.25. The van der Waals surface area contributed by atoms with Gasteiger partial charge in [-0.15, -0.1) is 0 Å². The Labute approximate surface area is 155 Å². The third-order valence-corrected chi connectivity index (χ3v) is 4.36. The molecule has 0 aliphatic carbocycles. The molecular formula is C21H27NO4. The molecule has 0 saturated carbocycles. The molecule has 2 rings (SSSR count). The first-order valence-electron chi connectivity index (χ1n) is 8.63. The molecule has 2 aromatic rings. The molecule has 0 spiro atoms. The number of carbonyl (C=O) groups is 1. The quantitative estimate of drug-likeness (QED) is 0.781. The lowest BCUT2D eigenvalue weighted by atomic mass is 9.87. The molecule has 1 unspecified atom stereocenters. The summed E-state index contributed by atoms with van der Waals surface area (Å²) in [4.78, 5) is 12.9. The highest BCUT2D eigenvalue weighted by Crippen LogP contribution is 2.33. The van der Waals surface area contributed by atoms with Crippen molar-refractivity contribution >= 4 is 5.91 Å². The first-order chi connectivity index (χ1) is 12.5. The lowest BCUT2D eigenvalue weighted by Crippen LogP contribution is -2.31. The predicted molar refractivity (Wildman–Crippen MR) is 102 cm³/mol. The Bertz CT molecular complexity index is 743. The van der Waals surface area contributed by atoms with Crippen LogP contribution in [0.5, 0.6) is 17.2 Å². The fourth-order valence-electron chi connectivity index (χ4n) is 3.03. The topological polar surface area (TPSA) is 56.8 Å². The molecular weight excluding hydrogens is 330 g/mol. The van der Waals surface area contributed by atoms with Crippen molar-refractivity contribution in [3.8, 4) is 17.2 Å². The average Bonchev–Trinajstić information content (AvgIpc) is 2.66. The monoisotopic (exact) mass is 357 g/mol. The number of hydrogen-bond acceptors (Lipinski definition) is 4. The van der Waals surface area contributed by atoms with E-state index in [4.69, 9.17) is 14.2 Å². The standard InChI is InChI=1S/C21H27NO4/c1-14(2)20(15-10-11-18(25-4)19(12-15)26-5)21(23)22-13-16-8-6-7-9-17(16)24-3/h6-12,14,20H,13H2,1-5H3,(H,22,23). The Morgan fingerprint density at radius 2 is 1.58 bits per heavy atom. The van der Waals surface area contributed by atoms with Crippen LogP contribution in [-0.2, 0) is 11.3 Å². The highest BCUT2D eigenvalue weighted by molar-refractivity contribution is 5.84. The van der Waals surface area contributed by atoms with Crippen LogP contribution in [0.3, 0.4) is 0 Å². The number of hydrogen-bond donors (Lipinski definition) is 1. The first-order valence-corrected chi connectivity index (χ1v) is 8.63. The van der Waals surface area contributed by atoms with Crippen LogP contribution in [0, 0.1) is 5.92 Å². The maximum atomic E-state index is 12.9. The smallest absolute Gasteiger partial charge is 0.228 e. The molecule has 0 saturated heterocycles. The molecule has 5 heteroatoms. The maximum absolute atomic E-state index is 12.9. The van der Waals surface area contributed by atoms with Gasteiger partial charge in [0.1, 0.15) is 5.75 Å². The van der Waals surface area contributed by atoms with Crippen LogP contribution >= 0.6 is 0 Å². The van der Waals surface area contributed by atoms with Gasteiger partial charge in [-0.25, -0.2) is 0 Å². The van der Waals surface area contributed by atoms with Crippen molar-refractivity contribution in [2.24, 2.45) is 5.92 Å². The van der Waals surface area contributed by atoms with E-state index in [0.717, 1.165) is 16.9 Å². The maximum Gasteiger partial charge on any atom is 0.228 e. The van der Waals surface area contributed by atoms with E-state index in [9.17, 15) is 4.79 Å². The first kappa shape index (κ1) is 19.6. The highest BCUT2D eigenvalue weighted by atomic mass is 16.5. The second kappa shape index (κ2) is 9.13. The summed E-state index contributed by atoms with van der Waals surface area (Å²) in [7, 11) is 4.81. The van der Waals surface area contributed by atoms with Crippen molar-refractivity contribution in [2.45, 2.75) is 26.3 Å². The molecule has 0 heterocycles. The van der Waals surface area contributed by atoms with Crippen molar-refractivity contribution in [1.82, 2.24) is 5.32 Å². The summed E-state index contributed by atoms with van der Waals surface area (Å²) in [6, 6.07) is 13.3. The molecule has 0 aliphatic heterocycles. The van der Waals surface area contributed by atoms with E-state index in [0.29, 0.717) is 18.0 Å². The number of rotatable bonds is 8. The molecule has 2 aromatic carbocycles. The van der Waals surface area contributed by atoms with Gasteiger partial charge in [-0.05, 0) is 29.7 Å². The van der Waals surface area contributed by atoms with Crippen LogP contribution in [-0.4, -0.2) is 27.2 Å². The van der Waals surface area contributed by atoms with Crippen LogP contribution in [0.25, 0.3) is 0 Å². The SMILES string of the molecule is COc1ccccc1CNC(=O)C(c1ccc(OC)c(OC)c1)C(C)C. The third-order valence-electron chi connectivity index (χ3n) is 4.36. The molecule has 0 aromatic heterocycles. The number of amides is 1. The van der Waals surface area contributed by atoms with E-state index < -0.39 is 0 Å². The van der Waals surface area contributed by atoms with Crippen molar-refractivity contribution in [1.29, 1.82) is 0 Å². The summed E-state index contributed by atoms with van der Waals surface area (Å²) in [5.41, 5.74) is 1.84. The lowest BCUT2D eigenvalue weighted by Gasteiger charge is -2.22. The fourth-order valence-corrected chi connectivity index (χ4v) is 3.03. The number of para-hydroxylation sites is 1. The lowest BCUT2D eigenvalue weighted by molar-refractivity contribution is -0.123.